The van der Waals surface area contributed by atoms with Crippen molar-refractivity contribution in [2.24, 2.45) is 0 Å². The van der Waals surface area contributed by atoms with Gasteiger partial charge in [0.1, 0.15) is 12.3 Å². The third kappa shape index (κ3) is 4.22. The van der Waals surface area contributed by atoms with Crippen molar-refractivity contribution in [1.29, 1.82) is 0 Å². The molecule has 6 nitrogen and oxygen atoms in total. The highest BCUT2D eigenvalue weighted by Crippen LogP contribution is 2.28. The average molecular weight is 370 g/mol. The number of rotatable bonds is 6. The van der Waals surface area contributed by atoms with Gasteiger partial charge in [-0.25, -0.2) is 0 Å². The molecule has 2 rings (SSSR count). The largest absolute Gasteiger partial charge is 0.485 e. The van der Waals surface area contributed by atoms with E-state index in [0.29, 0.717) is 5.69 Å². The molecule has 0 unspecified atom stereocenters. The Labute approximate surface area is 147 Å². The van der Waals surface area contributed by atoms with Crippen LogP contribution in [0.3, 0.4) is 0 Å². The van der Waals surface area contributed by atoms with Crippen molar-refractivity contribution < 1.29 is 27.6 Å². The molecule has 0 aliphatic heterocycles. The Kier molecular flexibility index (Phi) is 5.38. The second kappa shape index (κ2) is 7.19. The van der Waals surface area contributed by atoms with Crippen LogP contribution in [0.5, 0.6) is 5.75 Å². The van der Waals surface area contributed by atoms with Crippen molar-refractivity contribution in [1.82, 2.24) is 4.57 Å². The molecule has 0 aliphatic rings. The maximum absolute atomic E-state index is 12.6. The van der Waals surface area contributed by atoms with Gasteiger partial charge in [0.2, 0.25) is 5.78 Å². The van der Waals surface area contributed by atoms with Gasteiger partial charge in [-0.3, -0.25) is 14.9 Å². The second-order valence-corrected chi connectivity index (χ2v) is 5.86. The molecule has 0 atom stereocenters. The molecule has 0 fully saturated rings. The number of halogens is 3. The summed E-state index contributed by atoms with van der Waals surface area (Å²) in [5, 5.41) is 10.9. The van der Waals surface area contributed by atoms with Crippen LogP contribution in [0.1, 0.15) is 27.3 Å². The molecule has 9 heteroatoms. The lowest BCUT2D eigenvalue weighted by Gasteiger charge is -2.12. The first-order valence-corrected chi connectivity index (χ1v) is 7.64. The van der Waals surface area contributed by atoms with Crippen LogP contribution in [-0.2, 0) is 6.54 Å². The Morgan fingerprint density at radius 1 is 1.27 bits per heavy atom. The lowest BCUT2D eigenvalue weighted by atomic mass is 10.1. The number of benzene rings is 1. The molecule has 0 bridgehead atoms. The number of alkyl halides is 3. The standard InChI is InChI=1S/C17H17F3N2O4/c1-10-7-13(12(3)21(10)9-17(18,19)20)15(23)8-26-16-6-4-5-14(11(16)2)22(24)25/h4-7H,8-9H2,1-3H3. The zero-order chi connectivity index (χ0) is 19.6. The molecule has 1 aromatic carbocycles. The first-order valence-electron chi connectivity index (χ1n) is 7.64. The fourth-order valence-corrected chi connectivity index (χ4v) is 2.68. The highest BCUT2D eigenvalue weighted by Gasteiger charge is 2.30. The van der Waals surface area contributed by atoms with Gasteiger partial charge in [-0.2, -0.15) is 13.2 Å². The van der Waals surface area contributed by atoms with Gasteiger partial charge in [-0.05, 0) is 32.9 Å². The minimum absolute atomic E-state index is 0.134. The van der Waals surface area contributed by atoms with Crippen molar-refractivity contribution in [3.05, 3.63) is 56.9 Å². The molecule has 0 spiro atoms. The fraction of sp³-hybridized carbons (Fsp3) is 0.353. The average Bonchev–Trinajstić information content (AvgIpc) is 2.80. The number of hydrogen-bond acceptors (Lipinski definition) is 4. The number of nitro benzene ring substituents is 1. The van der Waals surface area contributed by atoms with Crippen molar-refractivity contribution in [3.63, 3.8) is 0 Å². The normalized spacial score (nSPS) is 11.5. The molecule has 0 radical (unpaired) electrons. The second-order valence-electron chi connectivity index (χ2n) is 5.86. The number of hydrogen-bond donors (Lipinski definition) is 0. The van der Waals surface area contributed by atoms with E-state index >= 15 is 0 Å². The van der Waals surface area contributed by atoms with Crippen LogP contribution in [0.2, 0.25) is 0 Å². The molecule has 26 heavy (non-hydrogen) atoms. The summed E-state index contributed by atoms with van der Waals surface area (Å²) >= 11 is 0. The summed E-state index contributed by atoms with van der Waals surface area (Å²) in [5.41, 5.74) is 0.778. The molecule has 0 amide bonds. The summed E-state index contributed by atoms with van der Waals surface area (Å²) < 4.78 is 44.3. The summed E-state index contributed by atoms with van der Waals surface area (Å²) in [5.74, 6) is -0.325. The van der Waals surface area contributed by atoms with Crippen LogP contribution in [0.4, 0.5) is 18.9 Å². The fourth-order valence-electron chi connectivity index (χ4n) is 2.68. The topological polar surface area (TPSA) is 74.4 Å². The number of nitrogens with zero attached hydrogens (tertiary/aromatic N) is 2. The van der Waals surface area contributed by atoms with Crippen LogP contribution in [0.25, 0.3) is 0 Å². The first-order chi connectivity index (χ1) is 12.0. The molecule has 1 aromatic heterocycles. The van der Waals surface area contributed by atoms with E-state index in [9.17, 15) is 28.1 Å². The maximum Gasteiger partial charge on any atom is 0.406 e. The van der Waals surface area contributed by atoms with Crippen molar-refractivity contribution in [3.8, 4) is 5.75 Å². The van der Waals surface area contributed by atoms with Gasteiger partial charge in [0, 0.05) is 23.0 Å². The number of aromatic nitrogens is 1. The van der Waals surface area contributed by atoms with Crippen LogP contribution in [-0.4, -0.2) is 28.1 Å². The number of nitro groups is 1. The third-order valence-electron chi connectivity index (χ3n) is 4.02. The van der Waals surface area contributed by atoms with Crippen molar-refractivity contribution in [2.75, 3.05) is 6.61 Å². The molecule has 1 heterocycles. The van der Waals surface area contributed by atoms with E-state index in [-0.39, 0.29) is 28.3 Å². The summed E-state index contributed by atoms with van der Waals surface area (Å²) in [6.45, 7) is 2.81. The Hall–Kier alpha value is -2.84. The van der Waals surface area contributed by atoms with E-state index in [0.717, 1.165) is 4.57 Å². The van der Waals surface area contributed by atoms with E-state index in [1.54, 1.807) is 0 Å². The first kappa shape index (κ1) is 19.5. The van der Waals surface area contributed by atoms with Crippen LogP contribution < -0.4 is 4.74 Å². The van der Waals surface area contributed by atoms with Crippen LogP contribution >= 0.6 is 0 Å². The van der Waals surface area contributed by atoms with E-state index < -0.39 is 30.0 Å². The SMILES string of the molecule is Cc1c(OCC(=O)c2cc(C)n(CC(F)(F)F)c2C)cccc1[N+](=O)[O-]. The molecular weight excluding hydrogens is 353 g/mol. The number of carbonyl (C=O) groups is 1. The van der Waals surface area contributed by atoms with Gasteiger partial charge in [-0.1, -0.05) is 6.07 Å². The highest BCUT2D eigenvalue weighted by molar-refractivity contribution is 5.98. The van der Waals surface area contributed by atoms with Gasteiger partial charge in [-0.15, -0.1) is 0 Å². The molecule has 0 aliphatic carbocycles. The number of ether oxygens (including phenoxy) is 1. The van der Waals surface area contributed by atoms with E-state index in [4.69, 9.17) is 4.74 Å². The lowest BCUT2D eigenvalue weighted by molar-refractivity contribution is -0.385. The van der Waals surface area contributed by atoms with Crippen molar-refractivity contribution >= 4 is 11.5 Å². The summed E-state index contributed by atoms with van der Waals surface area (Å²) in [7, 11) is 0. The van der Waals surface area contributed by atoms with E-state index in [1.165, 1.54) is 45.0 Å². The highest BCUT2D eigenvalue weighted by atomic mass is 19.4. The predicted octanol–water partition coefficient (Wildman–Crippen LogP) is 4.15. The molecule has 0 N–H and O–H groups in total. The number of Topliss-reactive ketones (excluding diaryl/α,β-unsaturated/α-hetero) is 1. The van der Waals surface area contributed by atoms with Gasteiger partial charge in [0.05, 0.1) is 10.5 Å². The quantitative estimate of drug-likeness (QED) is 0.435. The Bertz CT molecular complexity index is 856. The summed E-state index contributed by atoms with van der Waals surface area (Å²) in [6, 6.07) is 5.62. The zero-order valence-corrected chi connectivity index (χ0v) is 14.4. The Balaban J connectivity index is 2.18. The van der Waals surface area contributed by atoms with Crippen LogP contribution in [0, 0.1) is 30.9 Å². The molecule has 0 saturated heterocycles. The monoisotopic (exact) mass is 370 g/mol. The molecule has 0 saturated carbocycles. The predicted molar refractivity (Wildman–Crippen MR) is 87.6 cm³/mol. The van der Waals surface area contributed by atoms with Gasteiger partial charge < -0.3 is 9.30 Å². The number of aryl methyl sites for hydroxylation is 1. The van der Waals surface area contributed by atoms with E-state index in [2.05, 4.69) is 0 Å². The van der Waals surface area contributed by atoms with Crippen LogP contribution in [0.15, 0.2) is 24.3 Å². The molecule has 2 aromatic rings. The third-order valence-corrected chi connectivity index (χ3v) is 4.02. The molecular formula is C17H17F3N2O4. The molecule has 140 valence electrons. The van der Waals surface area contributed by atoms with Gasteiger partial charge in [0.15, 0.2) is 6.61 Å². The lowest BCUT2D eigenvalue weighted by Crippen LogP contribution is -2.20. The number of carbonyl (C=O) groups excluding carboxylic acids is 1. The van der Waals surface area contributed by atoms with Gasteiger partial charge >= 0.3 is 6.18 Å². The zero-order valence-electron chi connectivity index (χ0n) is 14.4. The Morgan fingerprint density at radius 3 is 2.50 bits per heavy atom. The number of ketones is 1. The summed E-state index contributed by atoms with van der Waals surface area (Å²) in [6.07, 6.45) is -4.40. The Morgan fingerprint density at radius 2 is 1.92 bits per heavy atom. The van der Waals surface area contributed by atoms with Gasteiger partial charge in [0.25, 0.3) is 5.69 Å². The summed E-state index contributed by atoms with van der Waals surface area (Å²) in [4.78, 5) is 22.7. The minimum atomic E-state index is -4.40. The van der Waals surface area contributed by atoms with E-state index in [1.807, 2.05) is 0 Å². The smallest absolute Gasteiger partial charge is 0.406 e. The maximum atomic E-state index is 12.6. The van der Waals surface area contributed by atoms with Crippen molar-refractivity contribution in [2.45, 2.75) is 33.5 Å². The minimum Gasteiger partial charge on any atom is -0.485 e.